The van der Waals surface area contributed by atoms with Gasteiger partial charge >= 0.3 is 0 Å². The Morgan fingerprint density at radius 3 is 2.70 bits per heavy atom. The molecule has 110 valence electrons. The average molecular weight is 333 g/mol. The number of halogens is 2. The highest BCUT2D eigenvalue weighted by Gasteiger charge is 2.25. The first-order valence-corrected chi connectivity index (χ1v) is 8.96. The van der Waals surface area contributed by atoms with Crippen molar-refractivity contribution in [3.05, 3.63) is 33.8 Å². The number of rotatable bonds is 4. The van der Waals surface area contributed by atoms with Gasteiger partial charge in [0.05, 0.1) is 15.8 Å². The molecule has 20 heavy (non-hydrogen) atoms. The van der Waals surface area contributed by atoms with Crippen LogP contribution in [0.15, 0.2) is 18.2 Å². The summed E-state index contributed by atoms with van der Waals surface area (Å²) in [5.41, 5.74) is 0.483. The van der Waals surface area contributed by atoms with Crippen LogP contribution in [-0.4, -0.2) is 21.0 Å². The summed E-state index contributed by atoms with van der Waals surface area (Å²) in [4.78, 5) is 12.1. The first-order valence-electron chi connectivity index (χ1n) is 6.83. The summed E-state index contributed by atoms with van der Waals surface area (Å²) in [6, 6.07) is 4.78. The number of Topliss-reactive ketones (excluding diaryl/α,β-unsaturated/α-hetero) is 1. The van der Waals surface area contributed by atoms with E-state index in [1.165, 1.54) is 6.42 Å². The van der Waals surface area contributed by atoms with Crippen molar-refractivity contribution in [2.45, 2.75) is 37.9 Å². The first-order chi connectivity index (χ1) is 9.47. The molecule has 1 aliphatic carbocycles. The molecule has 3 atom stereocenters. The second-order valence-corrected chi connectivity index (χ2v) is 8.00. The predicted octanol–water partition coefficient (Wildman–Crippen LogP) is 4.50. The van der Waals surface area contributed by atoms with Crippen molar-refractivity contribution in [1.29, 1.82) is 0 Å². The van der Waals surface area contributed by atoms with Crippen LogP contribution in [0, 0.1) is 5.92 Å². The Bertz CT molecular complexity index is 531. The van der Waals surface area contributed by atoms with Crippen LogP contribution in [0.1, 0.15) is 43.0 Å². The standard InChI is InChI=1S/C15H18Cl2O2S/c1-10-3-2-4-12(7-10)20(19)9-15(18)11-5-6-13(16)14(17)8-11/h5-6,8,10,12H,2-4,7,9H2,1H3. The maximum Gasteiger partial charge on any atom is 0.175 e. The van der Waals surface area contributed by atoms with E-state index >= 15 is 0 Å². The van der Waals surface area contributed by atoms with Crippen LogP contribution in [0.4, 0.5) is 0 Å². The Morgan fingerprint density at radius 1 is 1.30 bits per heavy atom. The van der Waals surface area contributed by atoms with E-state index in [0.29, 0.717) is 21.5 Å². The predicted molar refractivity (Wildman–Crippen MR) is 85.2 cm³/mol. The van der Waals surface area contributed by atoms with E-state index in [-0.39, 0.29) is 16.8 Å². The molecule has 2 rings (SSSR count). The molecule has 0 amide bonds. The van der Waals surface area contributed by atoms with E-state index in [0.717, 1.165) is 19.3 Å². The van der Waals surface area contributed by atoms with Crippen molar-refractivity contribution in [2.75, 3.05) is 5.75 Å². The van der Waals surface area contributed by atoms with E-state index in [1.54, 1.807) is 18.2 Å². The Balaban J connectivity index is 2.00. The lowest BCUT2D eigenvalue weighted by Crippen LogP contribution is -2.27. The van der Waals surface area contributed by atoms with Gasteiger partial charge in [0, 0.05) is 21.6 Å². The fourth-order valence-electron chi connectivity index (χ4n) is 2.62. The van der Waals surface area contributed by atoms with E-state index < -0.39 is 10.8 Å². The van der Waals surface area contributed by atoms with Gasteiger partial charge < -0.3 is 0 Å². The highest BCUT2D eigenvalue weighted by atomic mass is 35.5. The molecule has 1 aliphatic rings. The summed E-state index contributed by atoms with van der Waals surface area (Å²) in [6.07, 6.45) is 4.24. The molecule has 1 fully saturated rings. The zero-order valence-corrected chi connectivity index (χ0v) is 13.7. The molecule has 0 spiro atoms. The van der Waals surface area contributed by atoms with Crippen molar-refractivity contribution < 1.29 is 9.00 Å². The quantitative estimate of drug-likeness (QED) is 0.760. The lowest BCUT2D eigenvalue weighted by molar-refractivity contribution is 0.102. The number of hydrogen-bond donors (Lipinski definition) is 0. The van der Waals surface area contributed by atoms with Crippen LogP contribution < -0.4 is 0 Å². The number of hydrogen-bond acceptors (Lipinski definition) is 2. The molecule has 0 aromatic heterocycles. The molecule has 2 nitrogen and oxygen atoms in total. The normalized spacial score (nSPS) is 24.4. The van der Waals surface area contributed by atoms with E-state index in [4.69, 9.17) is 23.2 Å². The number of ketones is 1. The van der Waals surface area contributed by atoms with Crippen LogP contribution in [0.2, 0.25) is 10.0 Å². The van der Waals surface area contributed by atoms with Crippen LogP contribution >= 0.6 is 23.2 Å². The maximum atomic E-state index is 12.3. The van der Waals surface area contributed by atoms with Crippen molar-refractivity contribution in [2.24, 2.45) is 5.92 Å². The molecular weight excluding hydrogens is 315 g/mol. The van der Waals surface area contributed by atoms with Gasteiger partial charge in [0.2, 0.25) is 0 Å². The average Bonchev–Trinajstić information content (AvgIpc) is 2.41. The maximum absolute atomic E-state index is 12.3. The van der Waals surface area contributed by atoms with E-state index in [9.17, 15) is 9.00 Å². The van der Waals surface area contributed by atoms with Crippen molar-refractivity contribution in [1.82, 2.24) is 0 Å². The van der Waals surface area contributed by atoms with Crippen LogP contribution in [0.25, 0.3) is 0 Å². The van der Waals surface area contributed by atoms with E-state index in [1.807, 2.05) is 0 Å². The second-order valence-electron chi connectivity index (χ2n) is 5.47. The number of carbonyl (C=O) groups excluding carboxylic acids is 1. The largest absolute Gasteiger partial charge is 0.293 e. The smallest absolute Gasteiger partial charge is 0.175 e. The summed E-state index contributed by atoms with van der Waals surface area (Å²) in [5, 5.41) is 0.936. The summed E-state index contributed by atoms with van der Waals surface area (Å²) in [6.45, 7) is 2.18. The third-order valence-electron chi connectivity index (χ3n) is 3.77. The Labute approximate surface area is 132 Å². The second kappa shape index (κ2) is 7.06. The third-order valence-corrected chi connectivity index (χ3v) is 6.23. The lowest BCUT2D eigenvalue weighted by atomic mass is 9.91. The van der Waals surface area contributed by atoms with Gasteiger partial charge in [0.15, 0.2) is 5.78 Å². The fourth-order valence-corrected chi connectivity index (χ4v) is 4.55. The summed E-state index contributed by atoms with van der Waals surface area (Å²) in [7, 11) is -1.10. The van der Waals surface area contributed by atoms with Gasteiger partial charge in [-0.2, -0.15) is 0 Å². The minimum atomic E-state index is -1.10. The highest BCUT2D eigenvalue weighted by Crippen LogP contribution is 2.28. The van der Waals surface area contributed by atoms with Crippen LogP contribution in [0.3, 0.4) is 0 Å². The lowest BCUT2D eigenvalue weighted by Gasteiger charge is -2.25. The first kappa shape index (κ1) is 16.0. The molecule has 0 aliphatic heterocycles. The summed E-state index contributed by atoms with van der Waals surface area (Å²) in [5.74, 6) is 0.563. The molecule has 1 aromatic rings. The zero-order valence-electron chi connectivity index (χ0n) is 11.4. The molecule has 0 heterocycles. The summed E-state index contributed by atoms with van der Waals surface area (Å²) >= 11 is 11.7. The third kappa shape index (κ3) is 4.06. The minimum absolute atomic E-state index is 0.0787. The van der Waals surface area contributed by atoms with Crippen molar-refractivity contribution in [3.63, 3.8) is 0 Å². The molecule has 0 N–H and O–H groups in total. The number of benzene rings is 1. The monoisotopic (exact) mass is 332 g/mol. The topological polar surface area (TPSA) is 34.1 Å². The van der Waals surface area contributed by atoms with E-state index in [2.05, 4.69) is 6.92 Å². The van der Waals surface area contributed by atoms with Gasteiger partial charge in [-0.25, -0.2) is 0 Å². The molecule has 1 saturated carbocycles. The van der Waals surface area contributed by atoms with Gasteiger partial charge in [-0.3, -0.25) is 9.00 Å². The SMILES string of the molecule is CC1CCCC(S(=O)CC(=O)c2ccc(Cl)c(Cl)c2)C1. The van der Waals surface area contributed by atoms with Crippen LogP contribution in [-0.2, 0) is 10.8 Å². The number of carbonyl (C=O) groups is 1. The Morgan fingerprint density at radius 2 is 2.05 bits per heavy atom. The van der Waals surface area contributed by atoms with Gasteiger partial charge in [-0.05, 0) is 37.0 Å². The van der Waals surface area contributed by atoms with Crippen molar-refractivity contribution in [3.8, 4) is 0 Å². The zero-order chi connectivity index (χ0) is 14.7. The Kier molecular flexibility index (Phi) is 5.65. The minimum Gasteiger partial charge on any atom is -0.293 e. The highest BCUT2D eigenvalue weighted by molar-refractivity contribution is 7.86. The molecule has 3 unspecified atom stereocenters. The fraction of sp³-hybridized carbons (Fsp3) is 0.533. The molecule has 0 bridgehead atoms. The molecular formula is C15H18Cl2O2S. The summed E-state index contributed by atoms with van der Waals surface area (Å²) < 4.78 is 12.3. The van der Waals surface area contributed by atoms with Crippen LogP contribution in [0.5, 0.6) is 0 Å². The molecule has 0 saturated heterocycles. The van der Waals surface area contributed by atoms with Gasteiger partial charge in [0.25, 0.3) is 0 Å². The molecule has 5 heteroatoms. The molecule has 1 aromatic carbocycles. The van der Waals surface area contributed by atoms with Gasteiger partial charge in [-0.1, -0.05) is 43.0 Å². The van der Waals surface area contributed by atoms with Gasteiger partial charge in [0.1, 0.15) is 0 Å². The van der Waals surface area contributed by atoms with Gasteiger partial charge in [-0.15, -0.1) is 0 Å². The van der Waals surface area contributed by atoms with Crippen molar-refractivity contribution >= 4 is 39.8 Å². The Hall–Kier alpha value is -0.380. The molecule has 0 radical (unpaired) electrons.